The second-order valence-electron chi connectivity index (χ2n) is 4.46. The number of rotatable bonds is 3. The fraction of sp³-hybridized carbons (Fsp3) is 0.200. The molecule has 0 heterocycles. The van der Waals surface area contributed by atoms with Crippen LogP contribution >= 0.6 is 15.9 Å². The van der Waals surface area contributed by atoms with E-state index in [0.29, 0.717) is 5.56 Å². The van der Waals surface area contributed by atoms with Crippen LogP contribution in [-0.4, -0.2) is 5.11 Å². The van der Waals surface area contributed by atoms with E-state index in [1.807, 2.05) is 19.1 Å². The van der Waals surface area contributed by atoms with Gasteiger partial charge in [-0.25, -0.2) is 8.78 Å². The van der Waals surface area contributed by atoms with E-state index in [1.165, 1.54) is 12.1 Å². The Hall–Kier alpha value is -1.26. The maximum absolute atomic E-state index is 13.8. The largest absolute Gasteiger partial charge is 0.388 e. The molecular weight excluding hydrogens is 314 g/mol. The Morgan fingerprint density at radius 1 is 1.21 bits per heavy atom. The Bertz CT molecular complexity index is 599. The van der Waals surface area contributed by atoms with Crippen LogP contribution in [0, 0.1) is 18.6 Å². The number of aliphatic hydroxyl groups is 1. The highest BCUT2D eigenvalue weighted by Crippen LogP contribution is 2.26. The number of halogens is 3. The van der Waals surface area contributed by atoms with Crippen LogP contribution in [0.25, 0.3) is 0 Å². The molecule has 4 heteroatoms. The normalized spacial score (nSPS) is 12.5. The molecule has 0 bridgehead atoms. The molecule has 0 aliphatic carbocycles. The highest BCUT2D eigenvalue weighted by atomic mass is 79.9. The molecule has 0 fully saturated rings. The van der Waals surface area contributed by atoms with Crippen LogP contribution < -0.4 is 0 Å². The van der Waals surface area contributed by atoms with Gasteiger partial charge in [-0.15, -0.1) is 0 Å². The van der Waals surface area contributed by atoms with Crippen LogP contribution in [-0.2, 0) is 6.42 Å². The average Bonchev–Trinajstić information content (AvgIpc) is 2.39. The molecule has 1 nitrogen and oxygen atoms in total. The predicted molar refractivity (Wildman–Crippen MR) is 73.9 cm³/mol. The van der Waals surface area contributed by atoms with Crippen molar-refractivity contribution in [2.24, 2.45) is 0 Å². The minimum absolute atomic E-state index is 0.0967. The minimum atomic E-state index is -0.932. The summed E-state index contributed by atoms with van der Waals surface area (Å²) in [6.07, 6.45) is -1.03. The topological polar surface area (TPSA) is 20.2 Å². The Morgan fingerprint density at radius 2 is 1.95 bits per heavy atom. The van der Waals surface area contributed by atoms with E-state index in [2.05, 4.69) is 15.9 Å². The fourth-order valence-corrected chi connectivity index (χ4v) is 2.32. The molecule has 2 rings (SSSR count). The number of benzene rings is 2. The summed E-state index contributed by atoms with van der Waals surface area (Å²) in [6.45, 7) is 1.90. The molecule has 0 radical (unpaired) electrons. The summed E-state index contributed by atoms with van der Waals surface area (Å²) in [5.41, 5.74) is 1.54. The second kappa shape index (κ2) is 5.80. The lowest BCUT2D eigenvalue weighted by Gasteiger charge is -2.13. The Balaban J connectivity index is 2.29. The van der Waals surface area contributed by atoms with Crippen molar-refractivity contribution in [3.05, 3.63) is 69.2 Å². The lowest BCUT2D eigenvalue weighted by molar-refractivity contribution is 0.175. The van der Waals surface area contributed by atoms with Crippen molar-refractivity contribution in [2.75, 3.05) is 0 Å². The van der Waals surface area contributed by atoms with Gasteiger partial charge in [0.15, 0.2) is 0 Å². The molecule has 19 heavy (non-hydrogen) atoms. The third-order valence-electron chi connectivity index (χ3n) is 2.96. The monoisotopic (exact) mass is 326 g/mol. The van der Waals surface area contributed by atoms with E-state index in [9.17, 15) is 13.9 Å². The summed E-state index contributed by atoms with van der Waals surface area (Å²) in [5, 5.41) is 10.1. The van der Waals surface area contributed by atoms with Gasteiger partial charge in [0, 0.05) is 12.0 Å². The first-order valence-corrected chi connectivity index (χ1v) is 6.65. The first-order valence-electron chi connectivity index (χ1n) is 5.86. The molecule has 1 atom stereocenters. The molecule has 0 amide bonds. The van der Waals surface area contributed by atoms with Crippen LogP contribution in [0.2, 0.25) is 0 Å². The highest BCUT2D eigenvalue weighted by Gasteiger charge is 2.17. The van der Waals surface area contributed by atoms with E-state index >= 15 is 0 Å². The first-order chi connectivity index (χ1) is 8.99. The molecule has 0 spiro atoms. The molecule has 0 saturated heterocycles. The third-order valence-corrected chi connectivity index (χ3v) is 3.58. The summed E-state index contributed by atoms with van der Waals surface area (Å²) < 4.78 is 27.6. The zero-order chi connectivity index (χ0) is 14.0. The van der Waals surface area contributed by atoms with Gasteiger partial charge in [-0.2, -0.15) is 0 Å². The van der Waals surface area contributed by atoms with Gasteiger partial charge >= 0.3 is 0 Å². The zero-order valence-electron chi connectivity index (χ0n) is 10.3. The summed E-state index contributed by atoms with van der Waals surface area (Å²) in [6, 6.07) is 9.75. The van der Waals surface area contributed by atoms with Crippen LogP contribution in [0.4, 0.5) is 8.78 Å². The van der Waals surface area contributed by atoms with Crippen molar-refractivity contribution in [3.63, 3.8) is 0 Å². The van der Waals surface area contributed by atoms with Gasteiger partial charge in [0.05, 0.1) is 10.6 Å². The molecule has 0 aliphatic rings. The van der Waals surface area contributed by atoms with Gasteiger partial charge in [0.25, 0.3) is 0 Å². The Labute approximate surface area is 119 Å². The standard InChI is InChI=1S/C15H13BrF2O/c1-9-3-2-4-10(7-9)14(19)8-11-13(17)6-5-12(16)15(11)18/h2-7,14,19H,8H2,1H3. The van der Waals surface area contributed by atoms with Crippen molar-refractivity contribution in [1.29, 1.82) is 0 Å². The van der Waals surface area contributed by atoms with E-state index in [0.717, 1.165) is 5.56 Å². The number of aryl methyl sites for hydroxylation is 1. The van der Waals surface area contributed by atoms with Crippen molar-refractivity contribution < 1.29 is 13.9 Å². The maximum atomic E-state index is 13.8. The lowest BCUT2D eigenvalue weighted by Crippen LogP contribution is -2.06. The lowest BCUT2D eigenvalue weighted by atomic mass is 9.99. The van der Waals surface area contributed by atoms with Gasteiger partial charge in [0.1, 0.15) is 11.6 Å². The Kier molecular flexibility index (Phi) is 4.32. The van der Waals surface area contributed by atoms with Crippen LogP contribution in [0.1, 0.15) is 22.8 Å². The van der Waals surface area contributed by atoms with Crippen LogP contribution in [0.15, 0.2) is 40.9 Å². The molecule has 2 aromatic carbocycles. The number of hydrogen-bond acceptors (Lipinski definition) is 1. The van der Waals surface area contributed by atoms with Crippen molar-refractivity contribution in [2.45, 2.75) is 19.4 Å². The predicted octanol–water partition coefficient (Wildman–Crippen LogP) is 4.31. The summed E-state index contributed by atoms with van der Waals surface area (Å²) in [5.74, 6) is -1.31. The second-order valence-corrected chi connectivity index (χ2v) is 5.31. The first kappa shape index (κ1) is 14.2. The van der Waals surface area contributed by atoms with Gasteiger partial charge in [-0.05, 0) is 40.5 Å². The maximum Gasteiger partial charge on any atom is 0.143 e. The molecule has 100 valence electrons. The van der Waals surface area contributed by atoms with E-state index in [-0.39, 0.29) is 16.5 Å². The van der Waals surface area contributed by atoms with Gasteiger partial charge in [-0.1, -0.05) is 29.8 Å². The highest BCUT2D eigenvalue weighted by molar-refractivity contribution is 9.10. The van der Waals surface area contributed by atoms with Crippen LogP contribution in [0.3, 0.4) is 0 Å². The smallest absolute Gasteiger partial charge is 0.143 e. The van der Waals surface area contributed by atoms with Crippen LogP contribution in [0.5, 0.6) is 0 Å². The molecule has 1 unspecified atom stereocenters. The molecule has 0 aliphatic heterocycles. The number of aliphatic hydroxyl groups excluding tert-OH is 1. The summed E-state index contributed by atoms with van der Waals surface area (Å²) in [7, 11) is 0. The van der Waals surface area contributed by atoms with Gasteiger partial charge in [0.2, 0.25) is 0 Å². The van der Waals surface area contributed by atoms with Gasteiger partial charge < -0.3 is 5.11 Å². The van der Waals surface area contributed by atoms with E-state index < -0.39 is 17.7 Å². The number of hydrogen-bond donors (Lipinski definition) is 1. The Morgan fingerprint density at radius 3 is 2.63 bits per heavy atom. The van der Waals surface area contributed by atoms with Crippen molar-refractivity contribution in [1.82, 2.24) is 0 Å². The molecule has 1 N–H and O–H groups in total. The van der Waals surface area contributed by atoms with Crippen molar-refractivity contribution in [3.8, 4) is 0 Å². The summed E-state index contributed by atoms with van der Waals surface area (Å²) in [4.78, 5) is 0. The SMILES string of the molecule is Cc1cccc(C(O)Cc2c(F)ccc(Br)c2F)c1. The molecule has 2 aromatic rings. The quantitative estimate of drug-likeness (QED) is 0.833. The zero-order valence-corrected chi connectivity index (χ0v) is 11.9. The van der Waals surface area contributed by atoms with E-state index in [1.54, 1.807) is 12.1 Å². The van der Waals surface area contributed by atoms with Gasteiger partial charge in [-0.3, -0.25) is 0 Å². The molecule has 0 aromatic heterocycles. The fourth-order valence-electron chi connectivity index (χ4n) is 1.94. The summed E-state index contributed by atoms with van der Waals surface area (Å²) >= 11 is 3.01. The third kappa shape index (κ3) is 3.19. The molecular formula is C15H13BrF2O. The van der Waals surface area contributed by atoms with E-state index in [4.69, 9.17) is 0 Å². The minimum Gasteiger partial charge on any atom is -0.388 e. The van der Waals surface area contributed by atoms with Crippen molar-refractivity contribution >= 4 is 15.9 Å². The molecule has 0 saturated carbocycles. The average molecular weight is 327 g/mol.